The van der Waals surface area contributed by atoms with E-state index in [9.17, 15) is 13.2 Å². The van der Waals surface area contributed by atoms with Crippen molar-refractivity contribution in [2.45, 2.75) is 84.3 Å². The van der Waals surface area contributed by atoms with Crippen molar-refractivity contribution in [3.63, 3.8) is 0 Å². The minimum Gasteiger partial charge on any atom is -0.475 e. The lowest BCUT2D eigenvalue weighted by atomic mass is 9.80. The van der Waals surface area contributed by atoms with Crippen LogP contribution >= 0.6 is 0 Å². The van der Waals surface area contributed by atoms with Crippen molar-refractivity contribution in [1.29, 1.82) is 0 Å². The van der Waals surface area contributed by atoms with Gasteiger partial charge < -0.3 is 14.5 Å². The highest BCUT2D eigenvalue weighted by Gasteiger charge is 2.33. The molecule has 4 bridgehead atoms. The first kappa shape index (κ1) is 34.3. The summed E-state index contributed by atoms with van der Waals surface area (Å²) in [5.74, 6) is 1.06. The van der Waals surface area contributed by atoms with E-state index in [1.807, 2.05) is 39.1 Å². The van der Waals surface area contributed by atoms with Crippen molar-refractivity contribution in [1.82, 2.24) is 24.8 Å². The van der Waals surface area contributed by atoms with Crippen LogP contribution < -0.4 is 14.4 Å². The number of nitrogens with one attached hydrogen (secondary N) is 1. The Morgan fingerprint density at radius 1 is 1.00 bits per heavy atom. The molecular weight excluding hydrogens is 639 g/mol. The summed E-state index contributed by atoms with van der Waals surface area (Å²) < 4.78 is 36.4. The maximum absolute atomic E-state index is 14.5. The summed E-state index contributed by atoms with van der Waals surface area (Å²) in [6.45, 7) is 12.8. The van der Waals surface area contributed by atoms with Gasteiger partial charge in [-0.25, -0.2) is 23.1 Å². The zero-order valence-corrected chi connectivity index (χ0v) is 30.1. The van der Waals surface area contributed by atoms with E-state index in [2.05, 4.69) is 52.3 Å². The molecule has 0 saturated heterocycles. The van der Waals surface area contributed by atoms with Crippen LogP contribution in [-0.4, -0.2) is 64.9 Å². The summed E-state index contributed by atoms with van der Waals surface area (Å²) in [5.41, 5.74) is 4.01. The van der Waals surface area contributed by atoms with E-state index in [0.29, 0.717) is 29.8 Å². The van der Waals surface area contributed by atoms with Crippen LogP contribution in [0.15, 0.2) is 65.8 Å². The molecule has 0 unspecified atom stereocenters. The van der Waals surface area contributed by atoms with E-state index >= 15 is 0 Å². The minimum absolute atomic E-state index is 0.0773. The number of anilines is 2. The molecule has 0 radical (unpaired) electrons. The third-order valence-electron chi connectivity index (χ3n) is 9.47. The molecule has 49 heavy (non-hydrogen) atoms. The normalized spacial score (nSPS) is 20.5. The zero-order chi connectivity index (χ0) is 35.1. The maximum atomic E-state index is 14.5. The van der Waals surface area contributed by atoms with E-state index in [4.69, 9.17) is 9.72 Å². The van der Waals surface area contributed by atoms with Crippen LogP contribution in [0.4, 0.5) is 11.8 Å². The predicted octanol–water partition coefficient (Wildman–Crippen LogP) is 6.43. The molecule has 2 aromatic carbocycles. The van der Waals surface area contributed by atoms with Crippen LogP contribution in [0.5, 0.6) is 5.88 Å². The summed E-state index contributed by atoms with van der Waals surface area (Å²) in [7, 11) is -2.14. The third kappa shape index (κ3) is 7.54. The van der Waals surface area contributed by atoms with Gasteiger partial charge in [-0.2, -0.15) is 4.98 Å². The number of nitrogens with zero attached hydrogens (tertiary/aromatic N) is 6. The Hall–Kier alpha value is -4.58. The summed E-state index contributed by atoms with van der Waals surface area (Å²) in [6, 6.07) is 13.7. The minimum atomic E-state index is -4.17. The average molecular weight is 684 g/mol. The molecule has 2 aliphatic rings. The fourth-order valence-electron chi connectivity index (χ4n) is 6.76. The zero-order valence-electron chi connectivity index (χ0n) is 29.3. The highest BCUT2D eigenvalue weighted by Crippen LogP contribution is 2.34. The molecule has 12 heteroatoms. The number of carbonyl (C=O) groups is 1. The Labute approximate surface area is 289 Å². The molecule has 6 rings (SSSR count). The molecule has 3 heterocycles. The summed E-state index contributed by atoms with van der Waals surface area (Å²) in [4.78, 5) is 36.9. The van der Waals surface area contributed by atoms with Gasteiger partial charge in [0.2, 0.25) is 11.8 Å². The number of amides is 1. The SMILES string of the molecule is Cc1cccc(C)c1-c1cc2nc(n1)NS(=O)(=O)c1cccc(c1)C(=O)N(Cc1cncc(N(C)[C@@H]3CC[C@@H]3C)n1)[C@H](CC(C)(C)C)CO2. The van der Waals surface area contributed by atoms with E-state index in [1.165, 1.54) is 18.6 Å². The summed E-state index contributed by atoms with van der Waals surface area (Å²) in [6.07, 6.45) is 6.31. The topological polar surface area (TPSA) is 131 Å². The van der Waals surface area contributed by atoms with Crippen LogP contribution in [0, 0.1) is 25.2 Å². The summed E-state index contributed by atoms with van der Waals surface area (Å²) >= 11 is 0. The molecule has 11 nitrogen and oxygen atoms in total. The molecule has 0 spiro atoms. The highest BCUT2D eigenvalue weighted by atomic mass is 32.2. The number of benzene rings is 2. The Morgan fingerprint density at radius 2 is 1.73 bits per heavy atom. The van der Waals surface area contributed by atoms with Gasteiger partial charge in [0, 0.05) is 30.3 Å². The lowest BCUT2D eigenvalue weighted by Gasteiger charge is -2.41. The number of sulfonamides is 1. The van der Waals surface area contributed by atoms with Crippen LogP contribution in [0.1, 0.15) is 74.1 Å². The van der Waals surface area contributed by atoms with Gasteiger partial charge in [-0.05, 0) is 73.8 Å². The van der Waals surface area contributed by atoms with Crippen LogP contribution in [0.2, 0.25) is 0 Å². The number of aryl methyl sites for hydroxylation is 2. The average Bonchev–Trinajstić information content (AvgIpc) is 3.03. The monoisotopic (exact) mass is 683 g/mol. The molecule has 258 valence electrons. The third-order valence-corrected chi connectivity index (χ3v) is 10.8. The fraction of sp³-hybridized carbons (Fsp3) is 0.432. The number of aromatic nitrogens is 4. The van der Waals surface area contributed by atoms with E-state index in [-0.39, 0.29) is 46.8 Å². The smallest absolute Gasteiger partial charge is 0.264 e. The molecule has 2 aromatic heterocycles. The highest BCUT2D eigenvalue weighted by molar-refractivity contribution is 7.92. The standard InChI is InChI=1S/C37H45N7O4S/c1-23-14-15-31(23)43(7)32-20-38-19-27(39-32)21-44-28(18-37(4,5)6)22-48-33-17-30(34-24(2)10-8-11-25(34)3)40-36(41-33)42-49(46,47)29-13-9-12-26(16-29)35(44)45/h8-13,16-17,19-20,23,28,31H,14-15,18,21-22H2,1-7H3,(H,40,41,42)/t23-,28+,31+/m0/s1. The number of fused-ring (bicyclic) bond motifs is 4. The van der Waals surface area contributed by atoms with Crippen molar-refractivity contribution in [2.75, 3.05) is 23.3 Å². The van der Waals surface area contributed by atoms with Crippen molar-refractivity contribution in [3.05, 3.63) is 83.3 Å². The molecule has 3 atom stereocenters. The first-order chi connectivity index (χ1) is 23.2. The Balaban J connectivity index is 1.45. The number of ether oxygens (including phenoxy) is 1. The second-order valence-electron chi connectivity index (χ2n) is 14.6. The summed E-state index contributed by atoms with van der Waals surface area (Å²) in [5, 5.41) is 0. The number of carbonyl (C=O) groups excluding carboxylic acids is 1. The van der Waals surface area contributed by atoms with Gasteiger partial charge in [0.1, 0.15) is 12.4 Å². The molecule has 1 aliphatic heterocycles. The maximum Gasteiger partial charge on any atom is 0.264 e. The second kappa shape index (κ2) is 13.4. The van der Waals surface area contributed by atoms with Crippen molar-refractivity contribution in [3.8, 4) is 17.1 Å². The van der Waals surface area contributed by atoms with Crippen LogP contribution in [0.3, 0.4) is 0 Å². The Morgan fingerprint density at radius 3 is 2.41 bits per heavy atom. The van der Waals surface area contributed by atoms with E-state index in [1.54, 1.807) is 35.5 Å². The van der Waals surface area contributed by atoms with Crippen molar-refractivity contribution in [2.24, 2.45) is 11.3 Å². The van der Waals surface area contributed by atoms with Gasteiger partial charge in [-0.1, -0.05) is 52.0 Å². The Kier molecular flexibility index (Phi) is 9.36. The molecule has 4 aromatic rings. The molecule has 1 fully saturated rings. The first-order valence-corrected chi connectivity index (χ1v) is 18.2. The predicted molar refractivity (Wildman–Crippen MR) is 190 cm³/mol. The lowest BCUT2D eigenvalue weighted by molar-refractivity contribution is 0.0509. The number of rotatable bonds is 6. The van der Waals surface area contributed by atoms with Gasteiger partial charge in [0.05, 0.1) is 41.3 Å². The quantitative estimate of drug-likeness (QED) is 0.245. The van der Waals surface area contributed by atoms with Crippen LogP contribution in [0.25, 0.3) is 11.3 Å². The van der Waals surface area contributed by atoms with Crippen molar-refractivity contribution < 1.29 is 17.9 Å². The molecule has 1 amide bonds. The van der Waals surface area contributed by atoms with Crippen LogP contribution in [-0.2, 0) is 16.6 Å². The van der Waals surface area contributed by atoms with Gasteiger partial charge in [-0.15, -0.1) is 0 Å². The molecule has 1 N–H and O–H groups in total. The van der Waals surface area contributed by atoms with Gasteiger partial charge >= 0.3 is 0 Å². The molecule has 1 aliphatic carbocycles. The first-order valence-electron chi connectivity index (χ1n) is 16.7. The fourth-order valence-corrected chi connectivity index (χ4v) is 7.75. The van der Waals surface area contributed by atoms with E-state index < -0.39 is 16.1 Å². The Bertz CT molecular complexity index is 1960. The van der Waals surface area contributed by atoms with Gasteiger partial charge in [0.15, 0.2) is 0 Å². The number of hydrogen-bond acceptors (Lipinski definition) is 9. The number of hydrogen-bond donors (Lipinski definition) is 1. The van der Waals surface area contributed by atoms with E-state index in [0.717, 1.165) is 28.9 Å². The van der Waals surface area contributed by atoms with Gasteiger partial charge in [0.25, 0.3) is 15.9 Å². The molecule has 1 saturated carbocycles. The molecular formula is C37H45N7O4S. The second-order valence-corrected chi connectivity index (χ2v) is 16.3. The lowest BCUT2D eigenvalue weighted by Crippen LogP contribution is -2.46. The van der Waals surface area contributed by atoms with Crippen molar-refractivity contribution >= 4 is 27.7 Å². The largest absolute Gasteiger partial charge is 0.475 e. The van der Waals surface area contributed by atoms with Gasteiger partial charge in [-0.3, -0.25) is 9.78 Å².